The lowest BCUT2D eigenvalue weighted by molar-refractivity contribution is -0.175. The third-order valence-corrected chi connectivity index (χ3v) is 9.23. The molecule has 1 saturated heterocycles. The average molecular weight is 563 g/mol. The summed E-state index contributed by atoms with van der Waals surface area (Å²) in [7, 11) is 3.73. The Morgan fingerprint density at radius 2 is 1.93 bits per heavy atom. The molecule has 2 unspecified atom stereocenters. The highest BCUT2D eigenvalue weighted by atomic mass is 16.5. The van der Waals surface area contributed by atoms with Crippen LogP contribution in [0.15, 0.2) is 47.8 Å². The summed E-state index contributed by atoms with van der Waals surface area (Å²) < 4.78 is 6.29. The van der Waals surface area contributed by atoms with Crippen LogP contribution in [0.1, 0.15) is 65.2 Å². The number of ether oxygens (including phenoxy) is 1. The molecule has 10 nitrogen and oxygen atoms in total. The maximum atomic E-state index is 13.3. The number of nitrogens with zero attached hydrogens (tertiary/aromatic N) is 2. The summed E-state index contributed by atoms with van der Waals surface area (Å²) in [4.78, 5) is 50.7. The fourth-order valence-electron chi connectivity index (χ4n) is 6.94. The smallest absolute Gasteiger partial charge is 0.318 e. The molecule has 0 bridgehead atoms. The molecule has 1 aliphatic heterocycles. The lowest BCUT2D eigenvalue weighted by Crippen LogP contribution is -2.70. The minimum Gasteiger partial charge on any atom is -0.507 e. The largest absolute Gasteiger partial charge is 0.507 e. The standard InChI is InChI=1S/C31H38N4O6/c1-19-5-10-24(28(38)33-15-12-21-6-8-22(9-7-21)25(18-32)29(39)34-40)27(37)26(19)30-14-16-35(3)20(2)31(30,41-4)13-11-23(36)17-30/h5-10,18,20,37H,11-17,32H2,1-4H3,(H,33,38)/b25-18-/t20?,30-,31?/m1/s1. The lowest BCUT2D eigenvalue weighted by Gasteiger charge is -2.61. The summed E-state index contributed by atoms with van der Waals surface area (Å²) in [6.07, 6.45) is 3.38. The van der Waals surface area contributed by atoms with Crippen LogP contribution in [0.4, 0.5) is 0 Å². The number of fused-ring (bicyclic) bond motifs is 1. The Balaban J connectivity index is 1.57. The molecular formula is C31H38N4O6. The van der Waals surface area contributed by atoms with E-state index in [1.807, 2.05) is 20.0 Å². The lowest BCUT2D eigenvalue weighted by atomic mass is 9.52. The molecule has 2 aromatic rings. The van der Waals surface area contributed by atoms with Gasteiger partial charge in [-0.25, -0.2) is 0 Å². The van der Waals surface area contributed by atoms with Crippen molar-refractivity contribution in [2.45, 2.75) is 63.0 Å². The van der Waals surface area contributed by atoms with Crippen LogP contribution in [-0.2, 0) is 26.2 Å². The highest BCUT2D eigenvalue weighted by Gasteiger charge is 2.63. The van der Waals surface area contributed by atoms with E-state index in [0.29, 0.717) is 43.4 Å². The molecule has 4 N–H and O–H groups in total. The van der Waals surface area contributed by atoms with Gasteiger partial charge in [0, 0.05) is 54.9 Å². The van der Waals surface area contributed by atoms with Crippen LogP contribution in [0, 0.1) is 11.8 Å². The molecule has 2 aromatic carbocycles. The molecular weight excluding hydrogens is 524 g/mol. The second-order valence-corrected chi connectivity index (χ2v) is 11.1. The second kappa shape index (κ2) is 11.9. The van der Waals surface area contributed by atoms with Crippen LogP contribution < -0.4 is 11.1 Å². The van der Waals surface area contributed by atoms with Crippen molar-refractivity contribution in [2.75, 3.05) is 27.2 Å². The number of carbonyl (C=O) groups excluding carboxylic acids is 3. The number of aryl methyl sites for hydroxylation is 1. The van der Waals surface area contributed by atoms with Crippen molar-refractivity contribution in [3.8, 4) is 5.75 Å². The number of methoxy groups -OCH3 is 1. The first-order valence-corrected chi connectivity index (χ1v) is 13.8. The molecule has 0 spiro atoms. The first kappa shape index (κ1) is 30.1. The van der Waals surface area contributed by atoms with Gasteiger partial charge in [0.15, 0.2) is 0 Å². The number of ketones is 1. The van der Waals surface area contributed by atoms with Crippen LogP contribution >= 0.6 is 0 Å². The van der Waals surface area contributed by atoms with E-state index < -0.39 is 22.8 Å². The fourth-order valence-corrected chi connectivity index (χ4v) is 6.94. The number of likely N-dealkylation sites (N-methyl/N-ethyl adjacent to an activating group) is 1. The number of hydrogen-bond acceptors (Lipinski definition) is 8. The van der Waals surface area contributed by atoms with Gasteiger partial charge in [-0.05, 0) is 69.5 Å². The van der Waals surface area contributed by atoms with Crippen molar-refractivity contribution < 1.29 is 24.2 Å². The predicted molar refractivity (Wildman–Crippen MR) is 155 cm³/mol. The molecule has 1 aliphatic carbocycles. The van der Waals surface area contributed by atoms with Gasteiger partial charge in [0.25, 0.3) is 5.91 Å². The molecule has 4 rings (SSSR count). The number of phenols is 1. The van der Waals surface area contributed by atoms with Gasteiger partial charge in [0.2, 0.25) is 0 Å². The van der Waals surface area contributed by atoms with Crippen LogP contribution in [0.2, 0.25) is 0 Å². The zero-order chi connectivity index (χ0) is 29.9. The van der Waals surface area contributed by atoms with Gasteiger partial charge >= 0.3 is 5.91 Å². The number of amides is 2. The van der Waals surface area contributed by atoms with E-state index >= 15 is 0 Å². The van der Waals surface area contributed by atoms with Crippen molar-refractivity contribution >= 4 is 23.2 Å². The summed E-state index contributed by atoms with van der Waals surface area (Å²) in [5, 5.41) is 16.9. The Hall–Kier alpha value is -3.89. The third-order valence-electron chi connectivity index (χ3n) is 9.23. The highest BCUT2D eigenvalue weighted by Crippen LogP contribution is 2.57. The predicted octanol–water partition coefficient (Wildman–Crippen LogP) is 3.37. The summed E-state index contributed by atoms with van der Waals surface area (Å²) >= 11 is 0. The van der Waals surface area contributed by atoms with Gasteiger partial charge in [-0.3, -0.25) is 14.4 Å². The number of carbonyl (C=O) groups is 3. The number of benzene rings is 2. The molecule has 10 heteroatoms. The van der Waals surface area contributed by atoms with E-state index in [9.17, 15) is 24.4 Å². The number of nitrogens with one attached hydrogen (secondary N) is 1. The Morgan fingerprint density at radius 3 is 2.56 bits per heavy atom. The maximum absolute atomic E-state index is 13.3. The maximum Gasteiger partial charge on any atom is 0.318 e. The fraction of sp³-hybridized carbons (Fsp3) is 0.452. The highest BCUT2D eigenvalue weighted by molar-refractivity contribution is 6.19. The quantitative estimate of drug-likeness (QED) is 0.327. The molecule has 2 amide bonds. The van der Waals surface area contributed by atoms with Gasteiger partial charge in [-0.15, -0.1) is 4.91 Å². The number of nitroso groups, excluding NO2 is 1. The van der Waals surface area contributed by atoms with Crippen LogP contribution in [0.5, 0.6) is 5.75 Å². The number of piperidine rings is 1. The van der Waals surface area contributed by atoms with E-state index in [2.05, 4.69) is 22.3 Å². The van der Waals surface area contributed by atoms with Gasteiger partial charge in [-0.1, -0.05) is 30.3 Å². The Morgan fingerprint density at radius 1 is 1.22 bits per heavy atom. The number of rotatable bonds is 8. The van der Waals surface area contributed by atoms with Crippen LogP contribution in [0.25, 0.3) is 5.57 Å². The minimum atomic E-state index is -0.945. The molecule has 3 atom stereocenters. The van der Waals surface area contributed by atoms with Gasteiger partial charge < -0.3 is 25.8 Å². The van der Waals surface area contributed by atoms with E-state index in [1.54, 1.807) is 37.4 Å². The molecule has 2 aliphatic rings. The summed E-state index contributed by atoms with van der Waals surface area (Å²) in [6, 6.07) is 10.3. The first-order chi connectivity index (χ1) is 19.5. The van der Waals surface area contributed by atoms with E-state index in [-0.39, 0.29) is 35.1 Å². The van der Waals surface area contributed by atoms with E-state index in [1.165, 1.54) is 0 Å². The number of aromatic hydroxyl groups is 1. The Kier molecular flexibility index (Phi) is 8.74. The molecule has 1 heterocycles. The van der Waals surface area contributed by atoms with Gasteiger partial charge in [0.05, 0.1) is 16.7 Å². The van der Waals surface area contributed by atoms with Crippen LogP contribution in [0.3, 0.4) is 0 Å². The summed E-state index contributed by atoms with van der Waals surface area (Å²) in [5.41, 5.74) is 6.98. The zero-order valence-electron chi connectivity index (χ0n) is 24.0. The Bertz CT molecular complexity index is 1390. The van der Waals surface area contributed by atoms with Crippen molar-refractivity contribution in [3.63, 3.8) is 0 Å². The minimum absolute atomic E-state index is 0.00117. The van der Waals surface area contributed by atoms with Crippen molar-refractivity contribution in [2.24, 2.45) is 10.9 Å². The summed E-state index contributed by atoms with van der Waals surface area (Å²) in [5.74, 6) is -1.33. The number of Topliss-reactive ketones (excluding diaryl/α,β-unsaturated/α-hetero) is 1. The second-order valence-electron chi connectivity index (χ2n) is 11.1. The average Bonchev–Trinajstić information content (AvgIpc) is 2.96. The molecule has 2 fully saturated rings. The number of phenolic OH excluding ortho intramolecular Hbond substituents is 1. The van der Waals surface area contributed by atoms with Gasteiger partial charge in [-0.2, -0.15) is 0 Å². The molecule has 41 heavy (non-hydrogen) atoms. The zero-order valence-corrected chi connectivity index (χ0v) is 24.0. The normalized spacial score (nSPS) is 24.9. The van der Waals surface area contributed by atoms with Crippen LogP contribution in [-0.4, -0.2) is 66.5 Å². The van der Waals surface area contributed by atoms with Gasteiger partial charge in [0.1, 0.15) is 11.5 Å². The topological polar surface area (TPSA) is 151 Å². The molecule has 218 valence electrons. The number of likely N-dealkylation sites (tertiary alicyclic amines) is 1. The third kappa shape index (κ3) is 5.17. The summed E-state index contributed by atoms with van der Waals surface area (Å²) in [6.45, 7) is 5.03. The molecule has 0 radical (unpaired) electrons. The monoisotopic (exact) mass is 562 g/mol. The van der Waals surface area contributed by atoms with Crippen molar-refractivity contribution in [1.82, 2.24) is 10.2 Å². The number of hydrogen-bond donors (Lipinski definition) is 3. The molecule has 1 saturated carbocycles. The van der Waals surface area contributed by atoms with E-state index in [0.717, 1.165) is 23.9 Å². The Labute approximate surface area is 239 Å². The molecule has 0 aromatic heterocycles. The van der Waals surface area contributed by atoms with Crippen molar-refractivity contribution in [1.29, 1.82) is 0 Å². The number of nitrogens with two attached hydrogens (primary N) is 1. The van der Waals surface area contributed by atoms with E-state index in [4.69, 9.17) is 10.5 Å². The van der Waals surface area contributed by atoms with Crippen molar-refractivity contribution in [3.05, 3.63) is 75.3 Å². The SMILES string of the molecule is COC12CCC(=O)C[C@@]1(c1c(C)ccc(C(=O)NCCc3ccc(/C(=C/N)C(=O)N=O)cc3)c1O)CCN(C)C2C. The first-order valence-electron chi connectivity index (χ1n) is 13.8.